The number of aryl methyl sites for hydroxylation is 3. The number of piperidine rings is 1. The third-order valence-electron chi connectivity index (χ3n) is 6.24. The number of nitrogens with zero attached hydrogens (tertiary/aromatic N) is 2. The highest BCUT2D eigenvalue weighted by Crippen LogP contribution is 2.37. The molecule has 0 radical (unpaired) electrons. The molecule has 4 nitrogen and oxygen atoms in total. The first-order chi connectivity index (χ1) is 14.3. The molecule has 0 saturated carbocycles. The normalized spacial score (nSPS) is 19.8. The first-order valence-electron chi connectivity index (χ1n) is 10.5. The summed E-state index contributed by atoms with van der Waals surface area (Å²) < 4.78 is 0. The van der Waals surface area contributed by atoms with Crippen LogP contribution in [0.2, 0.25) is 5.02 Å². The molecule has 0 spiro atoms. The predicted molar refractivity (Wildman–Crippen MR) is 121 cm³/mol. The van der Waals surface area contributed by atoms with Crippen LogP contribution in [0.5, 0.6) is 0 Å². The minimum Gasteiger partial charge on any atom is -0.366 e. The summed E-state index contributed by atoms with van der Waals surface area (Å²) >= 11 is 6.31. The Morgan fingerprint density at radius 2 is 1.67 bits per heavy atom. The number of likely N-dealkylation sites (tertiary alicyclic amines) is 1. The molecule has 156 valence electrons. The molecule has 0 bridgehead atoms. The molecule has 5 heteroatoms. The summed E-state index contributed by atoms with van der Waals surface area (Å²) in [7, 11) is 0. The summed E-state index contributed by atoms with van der Waals surface area (Å²) in [5.41, 5.74) is 5.49. The van der Waals surface area contributed by atoms with E-state index in [-0.39, 0.29) is 11.8 Å². The van der Waals surface area contributed by atoms with Crippen molar-refractivity contribution in [2.75, 3.05) is 18.0 Å². The largest absolute Gasteiger partial charge is 0.366 e. The number of halogens is 1. The van der Waals surface area contributed by atoms with Crippen LogP contribution in [0.1, 0.15) is 42.0 Å². The molecule has 4 rings (SSSR count). The highest BCUT2D eigenvalue weighted by molar-refractivity contribution is 6.45. The van der Waals surface area contributed by atoms with E-state index in [9.17, 15) is 9.59 Å². The van der Waals surface area contributed by atoms with E-state index in [4.69, 9.17) is 11.6 Å². The Morgan fingerprint density at radius 1 is 0.933 bits per heavy atom. The van der Waals surface area contributed by atoms with E-state index in [2.05, 4.69) is 11.8 Å². The lowest BCUT2D eigenvalue weighted by Crippen LogP contribution is -2.39. The number of carbonyl (C=O) groups is 2. The maximum atomic E-state index is 13.6. The van der Waals surface area contributed by atoms with Gasteiger partial charge in [-0.1, -0.05) is 42.8 Å². The van der Waals surface area contributed by atoms with Crippen molar-refractivity contribution in [2.45, 2.75) is 40.5 Å². The smallest absolute Gasteiger partial charge is 0.282 e. The molecule has 2 aliphatic heterocycles. The highest BCUT2D eigenvalue weighted by atomic mass is 35.5. The van der Waals surface area contributed by atoms with E-state index in [1.807, 2.05) is 45.0 Å². The number of carbonyl (C=O) groups excluding carboxylic acids is 2. The Balaban J connectivity index is 1.85. The van der Waals surface area contributed by atoms with E-state index in [1.165, 1.54) is 4.90 Å². The zero-order valence-corrected chi connectivity index (χ0v) is 18.7. The molecular formula is C25H27ClN2O2. The number of rotatable bonds is 3. The number of imide groups is 1. The van der Waals surface area contributed by atoms with Gasteiger partial charge in [0.2, 0.25) is 0 Å². The first kappa shape index (κ1) is 20.7. The highest BCUT2D eigenvalue weighted by Gasteiger charge is 2.43. The van der Waals surface area contributed by atoms with Crippen molar-refractivity contribution < 1.29 is 9.59 Å². The molecule has 1 fully saturated rings. The second-order valence-corrected chi connectivity index (χ2v) is 9.00. The van der Waals surface area contributed by atoms with Gasteiger partial charge in [-0.2, -0.15) is 0 Å². The fourth-order valence-electron chi connectivity index (χ4n) is 4.32. The minimum absolute atomic E-state index is 0.262. The number of hydrogen-bond acceptors (Lipinski definition) is 3. The van der Waals surface area contributed by atoms with Gasteiger partial charge < -0.3 is 4.90 Å². The maximum Gasteiger partial charge on any atom is 0.282 e. The molecule has 2 amide bonds. The molecule has 30 heavy (non-hydrogen) atoms. The maximum absolute atomic E-state index is 13.6. The zero-order chi connectivity index (χ0) is 21.6. The fourth-order valence-corrected chi connectivity index (χ4v) is 4.49. The second-order valence-electron chi connectivity index (χ2n) is 8.60. The van der Waals surface area contributed by atoms with Gasteiger partial charge in [0.25, 0.3) is 11.8 Å². The standard InChI is InChI=1S/C25H27ClN2O2/c1-15-6-5-11-27(14-15)23-22(19-9-7-16(2)18(4)12-19)24(29)28(25(23)30)20-10-8-17(3)21(26)13-20/h7-10,12-13,15H,5-6,11,14H2,1-4H3. The Labute approximate surface area is 183 Å². The third-order valence-corrected chi connectivity index (χ3v) is 6.65. The number of anilines is 1. The van der Waals surface area contributed by atoms with E-state index in [0.717, 1.165) is 48.2 Å². The van der Waals surface area contributed by atoms with Crippen LogP contribution in [-0.4, -0.2) is 29.8 Å². The van der Waals surface area contributed by atoms with Gasteiger partial charge >= 0.3 is 0 Å². The SMILES string of the molecule is Cc1ccc(C2=C(N3CCCC(C)C3)C(=O)N(c3ccc(C)c(Cl)c3)C2=O)cc1C. The molecule has 0 N–H and O–H groups in total. The number of benzene rings is 2. The molecule has 2 aromatic rings. The first-order valence-corrected chi connectivity index (χ1v) is 10.9. The molecular weight excluding hydrogens is 396 g/mol. The molecule has 0 aromatic heterocycles. The summed E-state index contributed by atoms with van der Waals surface area (Å²) in [5, 5.41) is 0.542. The van der Waals surface area contributed by atoms with E-state index >= 15 is 0 Å². The number of hydrogen-bond donors (Lipinski definition) is 0. The Morgan fingerprint density at radius 3 is 2.33 bits per heavy atom. The second kappa shape index (κ2) is 7.92. The van der Waals surface area contributed by atoms with Gasteiger partial charge in [0.05, 0.1) is 11.3 Å². The fraction of sp³-hybridized carbons (Fsp3) is 0.360. The lowest BCUT2D eigenvalue weighted by Gasteiger charge is -2.33. The summed E-state index contributed by atoms with van der Waals surface area (Å²) in [6.07, 6.45) is 2.16. The van der Waals surface area contributed by atoms with Crippen molar-refractivity contribution >= 4 is 34.7 Å². The van der Waals surface area contributed by atoms with Crippen LogP contribution in [0, 0.1) is 26.7 Å². The lowest BCUT2D eigenvalue weighted by molar-refractivity contribution is -0.120. The van der Waals surface area contributed by atoms with Crippen LogP contribution in [0.4, 0.5) is 5.69 Å². The predicted octanol–water partition coefficient (Wildman–Crippen LogP) is 5.28. The van der Waals surface area contributed by atoms with Crippen LogP contribution in [0.15, 0.2) is 42.1 Å². The quantitative estimate of drug-likeness (QED) is 0.631. The van der Waals surface area contributed by atoms with E-state index < -0.39 is 0 Å². The lowest BCUT2D eigenvalue weighted by atomic mass is 9.96. The van der Waals surface area contributed by atoms with Crippen LogP contribution in [0.3, 0.4) is 0 Å². The van der Waals surface area contributed by atoms with Crippen LogP contribution in [-0.2, 0) is 9.59 Å². The Hall–Kier alpha value is -2.59. The van der Waals surface area contributed by atoms with E-state index in [0.29, 0.717) is 27.9 Å². The molecule has 1 saturated heterocycles. The van der Waals surface area contributed by atoms with Crippen molar-refractivity contribution in [3.8, 4) is 0 Å². The van der Waals surface area contributed by atoms with Gasteiger partial charge in [0.1, 0.15) is 5.70 Å². The monoisotopic (exact) mass is 422 g/mol. The molecule has 1 unspecified atom stereocenters. The van der Waals surface area contributed by atoms with Crippen LogP contribution < -0.4 is 4.90 Å². The molecule has 1 atom stereocenters. The topological polar surface area (TPSA) is 40.6 Å². The summed E-state index contributed by atoms with van der Waals surface area (Å²) in [4.78, 5) is 30.6. The number of amides is 2. The van der Waals surface area contributed by atoms with Gasteiger partial charge in [-0.15, -0.1) is 0 Å². The molecule has 0 aliphatic carbocycles. The van der Waals surface area contributed by atoms with Gasteiger partial charge in [-0.3, -0.25) is 9.59 Å². The Bertz CT molecular complexity index is 1070. The third kappa shape index (κ3) is 3.54. The van der Waals surface area contributed by atoms with Crippen LogP contribution >= 0.6 is 11.6 Å². The molecule has 2 heterocycles. The zero-order valence-electron chi connectivity index (χ0n) is 18.0. The van der Waals surface area contributed by atoms with Gasteiger partial charge in [0, 0.05) is 18.1 Å². The van der Waals surface area contributed by atoms with Crippen molar-refractivity contribution in [1.82, 2.24) is 4.90 Å². The van der Waals surface area contributed by atoms with Crippen molar-refractivity contribution in [1.29, 1.82) is 0 Å². The summed E-state index contributed by atoms with van der Waals surface area (Å²) in [6.45, 7) is 9.74. The average molecular weight is 423 g/mol. The van der Waals surface area contributed by atoms with Crippen molar-refractivity contribution in [3.63, 3.8) is 0 Å². The summed E-state index contributed by atoms with van der Waals surface area (Å²) in [5.74, 6) is -0.0586. The Kier molecular flexibility index (Phi) is 5.46. The van der Waals surface area contributed by atoms with Crippen molar-refractivity contribution in [3.05, 3.63) is 69.4 Å². The molecule has 2 aromatic carbocycles. The van der Waals surface area contributed by atoms with Gasteiger partial charge in [-0.25, -0.2) is 4.90 Å². The van der Waals surface area contributed by atoms with Gasteiger partial charge in [-0.05, 0) is 73.9 Å². The van der Waals surface area contributed by atoms with E-state index in [1.54, 1.807) is 12.1 Å². The minimum atomic E-state index is -0.281. The summed E-state index contributed by atoms with van der Waals surface area (Å²) in [6, 6.07) is 11.3. The molecule has 2 aliphatic rings. The van der Waals surface area contributed by atoms with Gasteiger partial charge in [0.15, 0.2) is 0 Å². The van der Waals surface area contributed by atoms with Crippen molar-refractivity contribution in [2.24, 2.45) is 5.92 Å². The van der Waals surface area contributed by atoms with Crippen LogP contribution in [0.25, 0.3) is 5.57 Å². The average Bonchev–Trinajstić information content (AvgIpc) is 2.96.